The van der Waals surface area contributed by atoms with Crippen molar-refractivity contribution in [1.29, 1.82) is 0 Å². The standard InChI is InChI=1S/C29H32N4O4S/c1-3-37-26(34)15-19-9-11-21(12-10-19)32-28(35)23-16-30-29(36-2)24-17-31-33(27(23)24)18-22-13-14-25(38-22)20-7-5-4-6-8-20/h4-8,13-14,16-17,19,21H,3,9-12,15,18H2,1-2H3,(H,32,35). The number of rotatable bonds is 9. The number of methoxy groups -OCH3 is 1. The van der Waals surface area contributed by atoms with Gasteiger partial charge in [0.1, 0.15) is 0 Å². The van der Waals surface area contributed by atoms with Gasteiger partial charge < -0.3 is 14.8 Å². The van der Waals surface area contributed by atoms with Crippen LogP contribution in [0.5, 0.6) is 5.88 Å². The van der Waals surface area contributed by atoms with Gasteiger partial charge in [-0.2, -0.15) is 5.10 Å². The van der Waals surface area contributed by atoms with Crippen LogP contribution in [0.2, 0.25) is 0 Å². The van der Waals surface area contributed by atoms with Gasteiger partial charge in [-0.3, -0.25) is 14.3 Å². The zero-order valence-corrected chi connectivity index (χ0v) is 22.5. The van der Waals surface area contributed by atoms with Crippen molar-refractivity contribution in [3.63, 3.8) is 0 Å². The summed E-state index contributed by atoms with van der Waals surface area (Å²) in [5.74, 6) is 0.446. The van der Waals surface area contributed by atoms with E-state index in [0.29, 0.717) is 47.8 Å². The van der Waals surface area contributed by atoms with E-state index in [9.17, 15) is 9.59 Å². The first kappa shape index (κ1) is 25.9. The highest BCUT2D eigenvalue weighted by atomic mass is 32.1. The molecular weight excluding hydrogens is 500 g/mol. The van der Waals surface area contributed by atoms with E-state index in [-0.39, 0.29) is 17.9 Å². The molecule has 8 nitrogen and oxygen atoms in total. The number of hydrogen-bond acceptors (Lipinski definition) is 7. The molecule has 9 heteroatoms. The molecule has 0 unspecified atom stereocenters. The van der Waals surface area contributed by atoms with Crippen LogP contribution in [-0.2, 0) is 16.1 Å². The molecule has 0 atom stereocenters. The van der Waals surface area contributed by atoms with Gasteiger partial charge in [-0.25, -0.2) is 4.98 Å². The Morgan fingerprint density at radius 3 is 2.61 bits per heavy atom. The zero-order valence-electron chi connectivity index (χ0n) is 21.7. The summed E-state index contributed by atoms with van der Waals surface area (Å²) >= 11 is 1.71. The molecule has 0 bridgehead atoms. The Labute approximate surface area is 226 Å². The Balaban J connectivity index is 1.32. The van der Waals surface area contributed by atoms with Gasteiger partial charge in [-0.05, 0) is 56.2 Å². The molecule has 198 valence electrons. The number of hydrogen-bond donors (Lipinski definition) is 1. The van der Waals surface area contributed by atoms with Crippen molar-refractivity contribution in [2.24, 2.45) is 5.92 Å². The third-order valence-electron chi connectivity index (χ3n) is 7.04. The Bertz CT molecular complexity index is 1410. The molecule has 4 aromatic rings. The average molecular weight is 533 g/mol. The number of amides is 1. The van der Waals surface area contributed by atoms with Gasteiger partial charge in [-0.1, -0.05) is 30.3 Å². The van der Waals surface area contributed by atoms with Gasteiger partial charge in [0, 0.05) is 28.4 Å². The number of ether oxygens (including phenoxy) is 2. The number of fused-ring (bicyclic) bond motifs is 1. The first-order valence-corrected chi connectivity index (χ1v) is 13.9. The predicted octanol–water partition coefficient (Wildman–Crippen LogP) is 5.46. The summed E-state index contributed by atoms with van der Waals surface area (Å²) in [6, 6.07) is 14.6. The lowest BCUT2D eigenvalue weighted by atomic mass is 9.84. The maximum atomic E-state index is 13.5. The second-order valence-corrected chi connectivity index (χ2v) is 10.7. The fourth-order valence-electron chi connectivity index (χ4n) is 5.13. The highest BCUT2D eigenvalue weighted by Crippen LogP contribution is 2.32. The van der Waals surface area contributed by atoms with Crippen molar-refractivity contribution in [3.8, 4) is 16.3 Å². The topological polar surface area (TPSA) is 95.3 Å². The van der Waals surface area contributed by atoms with Crippen LogP contribution < -0.4 is 10.1 Å². The first-order valence-electron chi connectivity index (χ1n) is 13.0. The molecule has 0 spiro atoms. The lowest BCUT2D eigenvalue weighted by Gasteiger charge is -2.28. The molecule has 1 aromatic carbocycles. The Morgan fingerprint density at radius 2 is 1.87 bits per heavy atom. The predicted molar refractivity (Wildman–Crippen MR) is 147 cm³/mol. The summed E-state index contributed by atoms with van der Waals surface area (Å²) in [5, 5.41) is 8.51. The summed E-state index contributed by atoms with van der Waals surface area (Å²) < 4.78 is 12.4. The molecule has 1 aliphatic rings. The lowest BCUT2D eigenvalue weighted by molar-refractivity contribution is -0.144. The van der Waals surface area contributed by atoms with Crippen molar-refractivity contribution >= 4 is 34.1 Å². The van der Waals surface area contributed by atoms with Crippen LogP contribution in [-0.4, -0.2) is 46.4 Å². The largest absolute Gasteiger partial charge is 0.480 e. The second kappa shape index (κ2) is 11.8. The molecule has 3 heterocycles. The molecule has 5 rings (SSSR count). The van der Waals surface area contributed by atoms with Crippen LogP contribution in [0.3, 0.4) is 0 Å². The fraction of sp³-hybridized carbons (Fsp3) is 0.379. The molecule has 1 N–H and O–H groups in total. The number of nitrogens with one attached hydrogen (secondary N) is 1. The molecule has 1 amide bonds. The normalized spacial score (nSPS) is 17.3. The van der Waals surface area contributed by atoms with Crippen molar-refractivity contribution in [2.45, 2.75) is 51.6 Å². The van der Waals surface area contributed by atoms with Gasteiger partial charge in [-0.15, -0.1) is 11.3 Å². The fourth-order valence-corrected chi connectivity index (χ4v) is 6.12. The van der Waals surface area contributed by atoms with Crippen LogP contribution >= 0.6 is 11.3 Å². The highest BCUT2D eigenvalue weighted by molar-refractivity contribution is 7.15. The first-order chi connectivity index (χ1) is 18.6. The van der Waals surface area contributed by atoms with E-state index in [1.165, 1.54) is 10.4 Å². The van der Waals surface area contributed by atoms with E-state index in [2.05, 4.69) is 39.7 Å². The molecular formula is C29H32N4O4S. The third-order valence-corrected chi connectivity index (χ3v) is 8.16. The number of esters is 1. The second-order valence-electron chi connectivity index (χ2n) is 9.58. The Hall–Kier alpha value is -3.72. The van der Waals surface area contributed by atoms with Crippen LogP contribution in [0.4, 0.5) is 0 Å². The third kappa shape index (κ3) is 5.72. The summed E-state index contributed by atoms with van der Waals surface area (Å²) in [4.78, 5) is 32.0. The van der Waals surface area contributed by atoms with Gasteiger partial charge >= 0.3 is 5.97 Å². The van der Waals surface area contributed by atoms with E-state index >= 15 is 0 Å². The molecule has 1 fully saturated rings. The van der Waals surface area contributed by atoms with Crippen LogP contribution in [0, 0.1) is 5.92 Å². The monoisotopic (exact) mass is 532 g/mol. The molecule has 0 aliphatic heterocycles. The summed E-state index contributed by atoms with van der Waals surface area (Å²) in [6.07, 6.45) is 7.18. The minimum absolute atomic E-state index is 0.0557. The molecule has 0 radical (unpaired) electrons. The molecule has 38 heavy (non-hydrogen) atoms. The molecule has 1 saturated carbocycles. The minimum atomic E-state index is -0.170. The van der Waals surface area contributed by atoms with Crippen LogP contribution in [0.1, 0.15) is 54.3 Å². The van der Waals surface area contributed by atoms with Crippen LogP contribution in [0.15, 0.2) is 54.9 Å². The van der Waals surface area contributed by atoms with Crippen molar-refractivity contribution in [3.05, 3.63) is 65.3 Å². The number of pyridine rings is 1. The van der Waals surface area contributed by atoms with E-state index in [1.54, 1.807) is 30.8 Å². The van der Waals surface area contributed by atoms with Gasteiger partial charge in [0.2, 0.25) is 5.88 Å². The van der Waals surface area contributed by atoms with E-state index in [0.717, 1.165) is 30.6 Å². The van der Waals surface area contributed by atoms with E-state index in [4.69, 9.17) is 9.47 Å². The number of carbonyl (C=O) groups excluding carboxylic acids is 2. The maximum absolute atomic E-state index is 13.5. The van der Waals surface area contributed by atoms with Crippen molar-refractivity contribution < 1.29 is 19.1 Å². The summed E-state index contributed by atoms with van der Waals surface area (Å²) in [6.45, 7) is 2.77. The summed E-state index contributed by atoms with van der Waals surface area (Å²) in [7, 11) is 1.57. The van der Waals surface area contributed by atoms with Gasteiger partial charge in [0.25, 0.3) is 5.91 Å². The maximum Gasteiger partial charge on any atom is 0.306 e. The van der Waals surface area contributed by atoms with Gasteiger partial charge in [0.15, 0.2) is 0 Å². The SMILES string of the molecule is CCOC(=O)CC1CCC(NC(=O)c2cnc(OC)c3cnn(Cc4ccc(-c5ccccc5)s4)c23)CC1. The number of thiophene rings is 1. The Kier molecular flexibility index (Phi) is 8.03. The summed E-state index contributed by atoms with van der Waals surface area (Å²) in [5.41, 5.74) is 2.36. The number of aromatic nitrogens is 3. The smallest absolute Gasteiger partial charge is 0.306 e. The van der Waals surface area contributed by atoms with E-state index < -0.39 is 0 Å². The minimum Gasteiger partial charge on any atom is -0.480 e. The molecule has 3 aromatic heterocycles. The highest BCUT2D eigenvalue weighted by Gasteiger charge is 2.26. The van der Waals surface area contributed by atoms with Crippen molar-refractivity contribution in [2.75, 3.05) is 13.7 Å². The van der Waals surface area contributed by atoms with Gasteiger partial charge in [0.05, 0.1) is 42.9 Å². The molecule has 0 saturated heterocycles. The average Bonchev–Trinajstić information content (AvgIpc) is 3.58. The van der Waals surface area contributed by atoms with Crippen LogP contribution in [0.25, 0.3) is 21.3 Å². The van der Waals surface area contributed by atoms with Crippen molar-refractivity contribution in [1.82, 2.24) is 20.1 Å². The number of nitrogens with zero attached hydrogens (tertiary/aromatic N) is 3. The molecule has 1 aliphatic carbocycles. The number of carbonyl (C=O) groups is 2. The van der Waals surface area contributed by atoms with E-state index in [1.807, 2.05) is 29.8 Å². The zero-order chi connectivity index (χ0) is 26.5. The Morgan fingerprint density at radius 1 is 1.08 bits per heavy atom. The number of benzene rings is 1. The quantitative estimate of drug-likeness (QED) is 0.288. The lowest BCUT2D eigenvalue weighted by Crippen LogP contribution is -2.38.